The monoisotopic (exact) mass is 547 g/mol. The average Bonchev–Trinajstić information content (AvgIpc) is 3.37. The van der Waals surface area contributed by atoms with Crippen LogP contribution in [0.2, 0.25) is 0 Å². The van der Waals surface area contributed by atoms with Gasteiger partial charge in [-0.25, -0.2) is 0 Å². The fourth-order valence-electron chi connectivity index (χ4n) is 5.85. The van der Waals surface area contributed by atoms with Crippen LogP contribution >= 0.6 is 0 Å². The summed E-state index contributed by atoms with van der Waals surface area (Å²) in [6.45, 7) is 17.3. The number of nitrogens with zero attached hydrogens (tertiary/aromatic N) is 3. The lowest BCUT2D eigenvalue weighted by molar-refractivity contribution is -0.142. The third-order valence-corrected chi connectivity index (χ3v) is 8.21. The highest BCUT2D eigenvalue weighted by Gasteiger charge is 2.40. The first-order valence-corrected chi connectivity index (χ1v) is 14.7. The van der Waals surface area contributed by atoms with Gasteiger partial charge in [-0.3, -0.25) is 24.1 Å². The summed E-state index contributed by atoms with van der Waals surface area (Å²) in [7, 11) is 3.33. The minimum absolute atomic E-state index is 0.0288. The molecule has 4 amide bonds. The molecule has 2 rings (SSSR count). The molecule has 2 heterocycles. The molecule has 39 heavy (non-hydrogen) atoms. The summed E-state index contributed by atoms with van der Waals surface area (Å²) >= 11 is 0. The molecule has 0 saturated carbocycles. The smallest absolute Gasteiger partial charge is 0.249 e. The number of likely N-dealkylation sites (tertiary alicyclic amines) is 2. The first-order valence-electron chi connectivity index (χ1n) is 14.7. The van der Waals surface area contributed by atoms with Gasteiger partial charge < -0.3 is 20.4 Å². The number of likely N-dealkylation sites (N-methyl/N-ethyl adjacent to an activating group) is 2. The molecule has 0 aliphatic carbocycles. The van der Waals surface area contributed by atoms with E-state index in [0.717, 1.165) is 32.2 Å². The molecule has 0 aromatic rings. The molecule has 2 fully saturated rings. The fraction of sp³-hybridized carbons (Fsp3) is 0.800. The third-order valence-electron chi connectivity index (χ3n) is 8.21. The number of hydrogen-bond donors (Lipinski definition) is 2. The standard InChI is InChI=1S/C30H53N5O4/c1-19(2)24(18-21(5)28(38)35-17-13-15-22(35)26(36)31-9)33(10)29(39)25(30(6,7)8)32-27(37)23-14-11-12-16-34(23)20(3)4/h18-20,22-25H,11-17H2,1-10H3,(H,31,36)(H,32,37)/b21-18+/t22?,23-,24-,25-/m1/s1. The van der Waals surface area contributed by atoms with Crippen molar-refractivity contribution in [3.8, 4) is 0 Å². The fourth-order valence-corrected chi connectivity index (χ4v) is 5.85. The van der Waals surface area contributed by atoms with Crippen molar-refractivity contribution in [1.82, 2.24) is 25.3 Å². The zero-order chi connectivity index (χ0) is 29.7. The summed E-state index contributed by atoms with van der Waals surface area (Å²) < 4.78 is 0. The van der Waals surface area contributed by atoms with Crippen LogP contribution < -0.4 is 10.6 Å². The summed E-state index contributed by atoms with van der Waals surface area (Å²) in [5.74, 6) is -0.579. The van der Waals surface area contributed by atoms with Crippen molar-refractivity contribution in [2.45, 2.75) is 118 Å². The maximum Gasteiger partial charge on any atom is 0.249 e. The number of carbonyl (C=O) groups excluding carboxylic acids is 4. The van der Waals surface area contributed by atoms with Gasteiger partial charge in [0, 0.05) is 32.3 Å². The largest absolute Gasteiger partial charge is 0.357 e. The van der Waals surface area contributed by atoms with E-state index in [1.54, 1.807) is 30.8 Å². The molecule has 2 saturated heterocycles. The third kappa shape index (κ3) is 8.05. The van der Waals surface area contributed by atoms with Crippen molar-refractivity contribution < 1.29 is 19.2 Å². The first kappa shape index (κ1) is 32.8. The van der Waals surface area contributed by atoms with E-state index in [2.05, 4.69) is 29.4 Å². The molecule has 0 radical (unpaired) electrons. The van der Waals surface area contributed by atoms with Gasteiger partial charge >= 0.3 is 0 Å². The molecule has 0 aromatic carbocycles. The van der Waals surface area contributed by atoms with Crippen molar-refractivity contribution in [3.63, 3.8) is 0 Å². The Balaban J connectivity index is 2.27. The normalized spacial score (nSPS) is 22.6. The Morgan fingerprint density at radius 3 is 2.08 bits per heavy atom. The van der Waals surface area contributed by atoms with Crippen LogP contribution in [0.5, 0.6) is 0 Å². The summed E-state index contributed by atoms with van der Waals surface area (Å²) in [6, 6.07) is -1.52. The second kappa shape index (κ2) is 13.8. The molecular formula is C30H53N5O4. The minimum Gasteiger partial charge on any atom is -0.357 e. The molecule has 0 spiro atoms. The van der Waals surface area contributed by atoms with Crippen LogP contribution in [0, 0.1) is 11.3 Å². The number of nitrogens with one attached hydrogen (secondary N) is 2. The van der Waals surface area contributed by atoms with E-state index in [1.165, 1.54) is 0 Å². The molecule has 2 N–H and O–H groups in total. The van der Waals surface area contributed by atoms with Gasteiger partial charge in [0.2, 0.25) is 23.6 Å². The predicted molar refractivity (Wildman–Crippen MR) is 155 cm³/mol. The molecular weight excluding hydrogens is 494 g/mol. The highest BCUT2D eigenvalue weighted by molar-refractivity contribution is 5.97. The minimum atomic E-state index is -0.715. The molecule has 9 heteroatoms. The van der Waals surface area contributed by atoms with E-state index >= 15 is 0 Å². The number of rotatable bonds is 9. The summed E-state index contributed by atoms with van der Waals surface area (Å²) in [5.41, 5.74) is 0.000316. The van der Waals surface area contributed by atoms with Gasteiger partial charge in [-0.2, -0.15) is 0 Å². The summed E-state index contributed by atoms with van der Waals surface area (Å²) in [6.07, 6.45) is 6.14. The highest BCUT2D eigenvalue weighted by atomic mass is 16.2. The zero-order valence-electron chi connectivity index (χ0n) is 26.0. The van der Waals surface area contributed by atoms with Gasteiger partial charge in [-0.1, -0.05) is 47.1 Å². The Labute approximate surface area is 236 Å². The second-order valence-electron chi connectivity index (χ2n) is 13.0. The van der Waals surface area contributed by atoms with Gasteiger partial charge in [0.05, 0.1) is 12.1 Å². The lowest BCUT2D eigenvalue weighted by Crippen LogP contribution is -2.60. The Kier molecular flexibility index (Phi) is 11.6. The van der Waals surface area contributed by atoms with Crippen LogP contribution in [0.3, 0.4) is 0 Å². The maximum atomic E-state index is 14.0. The van der Waals surface area contributed by atoms with Crippen molar-refractivity contribution in [2.75, 3.05) is 27.2 Å². The van der Waals surface area contributed by atoms with Crippen LogP contribution in [0.25, 0.3) is 0 Å². The van der Waals surface area contributed by atoms with E-state index in [4.69, 9.17) is 0 Å². The van der Waals surface area contributed by atoms with Gasteiger partial charge in [0.25, 0.3) is 0 Å². The van der Waals surface area contributed by atoms with Crippen LogP contribution in [0.1, 0.15) is 87.5 Å². The topological polar surface area (TPSA) is 102 Å². The van der Waals surface area contributed by atoms with E-state index in [-0.39, 0.29) is 47.7 Å². The number of hydrogen-bond acceptors (Lipinski definition) is 5. The molecule has 0 bridgehead atoms. The molecule has 2 aliphatic heterocycles. The Morgan fingerprint density at radius 1 is 0.923 bits per heavy atom. The van der Waals surface area contributed by atoms with Crippen molar-refractivity contribution in [1.29, 1.82) is 0 Å². The number of carbonyl (C=O) groups is 4. The molecule has 9 nitrogen and oxygen atoms in total. The molecule has 2 aliphatic rings. The van der Waals surface area contributed by atoms with Crippen molar-refractivity contribution in [3.05, 3.63) is 11.6 Å². The first-order chi connectivity index (χ1) is 18.1. The Bertz CT molecular complexity index is 923. The van der Waals surface area contributed by atoms with E-state index in [1.807, 2.05) is 40.7 Å². The lowest BCUT2D eigenvalue weighted by Gasteiger charge is -2.41. The van der Waals surface area contributed by atoms with Crippen LogP contribution in [-0.2, 0) is 19.2 Å². The van der Waals surface area contributed by atoms with Gasteiger partial charge in [0.15, 0.2) is 0 Å². The van der Waals surface area contributed by atoms with E-state index < -0.39 is 17.5 Å². The molecule has 222 valence electrons. The molecule has 1 unspecified atom stereocenters. The highest BCUT2D eigenvalue weighted by Crippen LogP contribution is 2.26. The van der Waals surface area contributed by atoms with Crippen LogP contribution in [0.15, 0.2) is 11.6 Å². The van der Waals surface area contributed by atoms with Crippen molar-refractivity contribution in [2.24, 2.45) is 11.3 Å². The van der Waals surface area contributed by atoms with E-state index in [0.29, 0.717) is 18.5 Å². The van der Waals surface area contributed by atoms with Crippen LogP contribution in [-0.4, -0.2) is 95.7 Å². The van der Waals surface area contributed by atoms with Gasteiger partial charge in [-0.15, -0.1) is 0 Å². The maximum absolute atomic E-state index is 14.0. The molecule has 0 aromatic heterocycles. The van der Waals surface area contributed by atoms with Gasteiger partial charge in [-0.05, 0) is 64.3 Å². The summed E-state index contributed by atoms with van der Waals surface area (Å²) in [4.78, 5) is 58.6. The number of piperidine rings is 1. The second-order valence-corrected chi connectivity index (χ2v) is 13.0. The Hall–Kier alpha value is -2.42. The van der Waals surface area contributed by atoms with Gasteiger partial charge in [0.1, 0.15) is 12.1 Å². The van der Waals surface area contributed by atoms with Crippen molar-refractivity contribution >= 4 is 23.6 Å². The van der Waals surface area contributed by atoms with Crippen LogP contribution in [0.4, 0.5) is 0 Å². The average molecular weight is 548 g/mol. The Morgan fingerprint density at radius 2 is 1.54 bits per heavy atom. The quantitative estimate of drug-likeness (QED) is 0.432. The van der Waals surface area contributed by atoms with E-state index in [9.17, 15) is 19.2 Å². The molecule has 4 atom stereocenters. The number of amides is 4. The lowest BCUT2D eigenvalue weighted by atomic mass is 9.84. The summed E-state index contributed by atoms with van der Waals surface area (Å²) in [5, 5.41) is 5.77. The zero-order valence-corrected chi connectivity index (χ0v) is 26.0. The SMILES string of the molecule is CNC(=O)C1CCCN1C(=O)/C(C)=C/[C@H](C(C)C)N(C)C(=O)[C@@H](NC(=O)[C@H]1CCCCN1C(C)C)C(C)(C)C. The predicted octanol–water partition coefficient (Wildman–Crippen LogP) is 2.95.